The largest absolute Gasteiger partial charge is 0.439 e. The molecule has 0 unspecified atom stereocenters. The zero-order valence-corrected chi connectivity index (χ0v) is 15.5. The Morgan fingerprint density at radius 1 is 0.964 bits per heavy atom. The monoisotopic (exact) mass is 375 g/mol. The van der Waals surface area contributed by atoms with Gasteiger partial charge >= 0.3 is 0 Å². The van der Waals surface area contributed by atoms with Crippen LogP contribution in [0.2, 0.25) is 0 Å². The summed E-state index contributed by atoms with van der Waals surface area (Å²) in [6.07, 6.45) is 1.70. The van der Waals surface area contributed by atoms with Crippen LogP contribution in [0.15, 0.2) is 72.9 Å². The molecule has 2 amide bonds. The number of amides is 2. The number of hydrogen-bond donors (Lipinski definition) is 2. The summed E-state index contributed by atoms with van der Waals surface area (Å²) in [4.78, 5) is 28.1. The molecule has 0 fully saturated rings. The Bertz CT molecular complexity index is 924. The lowest BCUT2D eigenvalue weighted by molar-refractivity contribution is -0.116. The van der Waals surface area contributed by atoms with Crippen LogP contribution < -0.4 is 15.4 Å². The van der Waals surface area contributed by atoms with Crippen molar-refractivity contribution < 1.29 is 14.3 Å². The quantitative estimate of drug-likeness (QED) is 0.655. The summed E-state index contributed by atoms with van der Waals surface area (Å²) in [6, 6.07) is 19.9. The van der Waals surface area contributed by atoms with Gasteiger partial charge in [-0.3, -0.25) is 9.59 Å². The van der Waals surface area contributed by atoms with Crippen LogP contribution >= 0.6 is 0 Å². The van der Waals surface area contributed by atoms with Crippen LogP contribution in [0.4, 0.5) is 5.69 Å². The van der Waals surface area contributed by atoms with E-state index in [0.29, 0.717) is 22.9 Å². The van der Waals surface area contributed by atoms with E-state index in [1.165, 1.54) is 6.20 Å². The summed E-state index contributed by atoms with van der Waals surface area (Å²) < 4.78 is 5.66. The van der Waals surface area contributed by atoms with Crippen LogP contribution in [0, 0.1) is 6.92 Å². The van der Waals surface area contributed by atoms with Gasteiger partial charge in [0.25, 0.3) is 5.91 Å². The SMILES string of the molecule is Cc1ccc(Oc2ccc(NC(=O)CCNC(=O)c3ccccc3)cn2)cc1. The molecule has 3 aromatic rings. The first-order valence-corrected chi connectivity index (χ1v) is 8.94. The standard InChI is InChI=1S/C22H21N3O3/c1-16-7-10-19(11-8-16)28-21-12-9-18(15-24-21)25-20(26)13-14-23-22(27)17-5-3-2-4-6-17/h2-12,15H,13-14H2,1H3,(H,23,27)(H,25,26). The second kappa shape index (κ2) is 9.32. The van der Waals surface area contributed by atoms with E-state index in [1.54, 1.807) is 36.4 Å². The summed E-state index contributed by atoms with van der Waals surface area (Å²) in [5.41, 5.74) is 2.28. The second-order valence-electron chi connectivity index (χ2n) is 6.22. The molecule has 142 valence electrons. The maximum absolute atomic E-state index is 12.0. The number of nitrogens with zero attached hydrogens (tertiary/aromatic N) is 1. The molecule has 0 spiro atoms. The number of hydrogen-bond acceptors (Lipinski definition) is 4. The van der Waals surface area contributed by atoms with Gasteiger partial charge < -0.3 is 15.4 Å². The van der Waals surface area contributed by atoms with E-state index < -0.39 is 0 Å². The lowest BCUT2D eigenvalue weighted by Crippen LogP contribution is -2.27. The minimum absolute atomic E-state index is 0.167. The van der Waals surface area contributed by atoms with Crippen molar-refractivity contribution in [1.82, 2.24) is 10.3 Å². The van der Waals surface area contributed by atoms with E-state index in [2.05, 4.69) is 15.6 Å². The van der Waals surface area contributed by atoms with Crippen LogP contribution in [0.1, 0.15) is 22.3 Å². The molecule has 3 rings (SSSR count). The van der Waals surface area contributed by atoms with Crippen molar-refractivity contribution in [2.45, 2.75) is 13.3 Å². The Hall–Kier alpha value is -3.67. The highest BCUT2D eigenvalue weighted by Gasteiger charge is 2.07. The molecule has 0 saturated heterocycles. The molecule has 0 atom stereocenters. The van der Waals surface area contributed by atoms with Crippen molar-refractivity contribution in [3.8, 4) is 11.6 Å². The van der Waals surface area contributed by atoms with Crippen LogP contribution in [0.25, 0.3) is 0 Å². The number of benzene rings is 2. The minimum atomic E-state index is -0.206. The van der Waals surface area contributed by atoms with Gasteiger partial charge in [0.2, 0.25) is 11.8 Å². The maximum Gasteiger partial charge on any atom is 0.251 e. The van der Waals surface area contributed by atoms with Gasteiger partial charge in [-0.05, 0) is 37.3 Å². The lowest BCUT2D eigenvalue weighted by atomic mass is 10.2. The smallest absolute Gasteiger partial charge is 0.251 e. The fourth-order valence-corrected chi connectivity index (χ4v) is 2.45. The van der Waals surface area contributed by atoms with E-state index in [-0.39, 0.29) is 24.8 Å². The molecular formula is C22H21N3O3. The summed E-state index contributed by atoms with van der Waals surface area (Å²) in [7, 11) is 0. The van der Waals surface area contributed by atoms with Crippen molar-refractivity contribution in [3.63, 3.8) is 0 Å². The summed E-state index contributed by atoms with van der Waals surface area (Å²) in [5.74, 6) is 0.732. The number of carbonyl (C=O) groups excluding carboxylic acids is 2. The normalized spacial score (nSPS) is 10.2. The third-order valence-electron chi connectivity index (χ3n) is 3.94. The molecule has 1 aromatic heterocycles. The van der Waals surface area contributed by atoms with Gasteiger partial charge in [0, 0.05) is 24.6 Å². The van der Waals surface area contributed by atoms with Gasteiger partial charge in [0.15, 0.2) is 0 Å². The van der Waals surface area contributed by atoms with Crippen LogP contribution in [-0.4, -0.2) is 23.3 Å². The average molecular weight is 375 g/mol. The van der Waals surface area contributed by atoms with E-state index in [1.807, 2.05) is 37.3 Å². The van der Waals surface area contributed by atoms with E-state index >= 15 is 0 Å². The molecule has 6 heteroatoms. The zero-order valence-electron chi connectivity index (χ0n) is 15.5. The Morgan fingerprint density at radius 3 is 2.39 bits per heavy atom. The number of pyridine rings is 1. The van der Waals surface area contributed by atoms with Gasteiger partial charge in [-0.1, -0.05) is 35.9 Å². The molecule has 1 heterocycles. The molecule has 28 heavy (non-hydrogen) atoms. The van der Waals surface area contributed by atoms with Gasteiger partial charge in [-0.2, -0.15) is 0 Å². The van der Waals surface area contributed by atoms with Crippen LogP contribution in [-0.2, 0) is 4.79 Å². The number of rotatable bonds is 7. The van der Waals surface area contributed by atoms with Crippen molar-refractivity contribution in [1.29, 1.82) is 0 Å². The van der Waals surface area contributed by atoms with E-state index in [9.17, 15) is 9.59 Å². The molecule has 6 nitrogen and oxygen atoms in total. The topological polar surface area (TPSA) is 80.3 Å². The van der Waals surface area contributed by atoms with E-state index in [0.717, 1.165) is 5.56 Å². The van der Waals surface area contributed by atoms with Gasteiger partial charge in [0.1, 0.15) is 5.75 Å². The Morgan fingerprint density at radius 2 is 1.71 bits per heavy atom. The number of aromatic nitrogens is 1. The van der Waals surface area contributed by atoms with Crippen molar-refractivity contribution in [3.05, 3.63) is 84.1 Å². The molecular weight excluding hydrogens is 354 g/mol. The van der Waals surface area contributed by atoms with Crippen molar-refractivity contribution >= 4 is 17.5 Å². The second-order valence-corrected chi connectivity index (χ2v) is 6.22. The number of ether oxygens (including phenoxy) is 1. The van der Waals surface area contributed by atoms with Crippen LogP contribution in [0.3, 0.4) is 0 Å². The van der Waals surface area contributed by atoms with Gasteiger partial charge in [0.05, 0.1) is 11.9 Å². The minimum Gasteiger partial charge on any atom is -0.439 e. The first-order valence-electron chi connectivity index (χ1n) is 8.94. The zero-order chi connectivity index (χ0) is 19.8. The number of carbonyl (C=O) groups is 2. The maximum atomic E-state index is 12.0. The molecule has 0 bridgehead atoms. The lowest BCUT2D eigenvalue weighted by Gasteiger charge is -2.08. The highest BCUT2D eigenvalue weighted by atomic mass is 16.5. The number of anilines is 1. The first kappa shape index (κ1) is 19.1. The van der Waals surface area contributed by atoms with Crippen molar-refractivity contribution in [2.75, 3.05) is 11.9 Å². The number of nitrogens with one attached hydrogen (secondary N) is 2. The highest BCUT2D eigenvalue weighted by Crippen LogP contribution is 2.20. The fourth-order valence-electron chi connectivity index (χ4n) is 2.45. The Balaban J connectivity index is 1.44. The number of aryl methyl sites for hydroxylation is 1. The molecule has 0 aliphatic heterocycles. The third kappa shape index (κ3) is 5.67. The Kier molecular flexibility index (Phi) is 6.36. The summed E-state index contributed by atoms with van der Waals surface area (Å²) in [5, 5.41) is 5.47. The molecule has 2 N–H and O–H groups in total. The van der Waals surface area contributed by atoms with Gasteiger partial charge in [-0.25, -0.2) is 4.98 Å². The summed E-state index contributed by atoms with van der Waals surface area (Å²) >= 11 is 0. The molecule has 0 aliphatic rings. The highest BCUT2D eigenvalue weighted by molar-refractivity contribution is 5.95. The third-order valence-corrected chi connectivity index (χ3v) is 3.94. The first-order chi connectivity index (χ1) is 13.6. The molecule has 2 aromatic carbocycles. The van der Waals surface area contributed by atoms with E-state index in [4.69, 9.17) is 4.74 Å². The molecule has 0 saturated carbocycles. The fraction of sp³-hybridized carbons (Fsp3) is 0.136. The van der Waals surface area contributed by atoms with Crippen LogP contribution in [0.5, 0.6) is 11.6 Å². The molecule has 0 radical (unpaired) electrons. The van der Waals surface area contributed by atoms with Gasteiger partial charge in [-0.15, -0.1) is 0 Å². The average Bonchev–Trinajstić information content (AvgIpc) is 2.72. The predicted octanol–water partition coefficient (Wildman–Crippen LogP) is 3.94. The predicted molar refractivity (Wildman–Crippen MR) is 108 cm³/mol. The Labute approximate surface area is 163 Å². The molecule has 0 aliphatic carbocycles. The van der Waals surface area contributed by atoms with Crippen molar-refractivity contribution in [2.24, 2.45) is 0 Å². The summed E-state index contributed by atoms with van der Waals surface area (Å²) in [6.45, 7) is 2.26.